The summed E-state index contributed by atoms with van der Waals surface area (Å²) in [5.41, 5.74) is 0. The molecule has 0 aromatic carbocycles. The highest BCUT2D eigenvalue weighted by Gasteiger charge is 1.99. The van der Waals surface area contributed by atoms with Crippen LogP contribution in [-0.2, 0) is 4.74 Å². The van der Waals surface area contributed by atoms with Crippen molar-refractivity contribution < 1.29 is 9.53 Å². The minimum absolute atomic E-state index is 0.0565. The van der Waals surface area contributed by atoms with Gasteiger partial charge in [-0.1, -0.05) is 6.92 Å². The summed E-state index contributed by atoms with van der Waals surface area (Å²) in [5, 5.41) is 5.95. The molecule has 2 amide bonds. The Morgan fingerprint density at radius 1 is 1.20 bits per heavy atom. The zero-order chi connectivity index (χ0) is 11.5. The maximum absolute atomic E-state index is 11.1. The molecule has 0 aliphatic carbocycles. The van der Waals surface area contributed by atoms with Crippen LogP contribution in [0.2, 0.25) is 0 Å². The van der Waals surface area contributed by atoms with E-state index in [9.17, 15) is 4.79 Å². The van der Waals surface area contributed by atoms with E-state index in [1.54, 1.807) is 14.1 Å². The number of rotatable bonds is 8. The van der Waals surface area contributed by atoms with Gasteiger partial charge in [0.1, 0.15) is 0 Å². The van der Waals surface area contributed by atoms with E-state index in [2.05, 4.69) is 17.6 Å². The van der Waals surface area contributed by atoms with Crippen LogP contribution in [0.5, 0.6) is 0 Å². The van der Waals surface area contributed by atoms with Gasteiger partial charge in [0, 0.05) is 40.3 Å². The lowest BCUT2D eigenvalue weighted by Crippen LogP contribution is -2.38. The average molecular weight is 217 g/mol. The van der Waals surface area contributed by atoms with Crippen molar-refractivity contribution >= 4 is 6.03 Å². The van der Waals surface area contributed by atoms with Gasteiger partial charge < -0.3 is 20.3 Å². The van der Waals surface area contributed by atoms with E-state index < -0.39 is 0 Å². The predicted octanol–water partition coefficient (Wildman–Crippen LogP) is 0.274. The smallest absolute Gasteiger partial charge is 0.316 e. The molecule has 0 atom stereocenters. The lowest BCUT2D eigenvalue weighted by atomic mass is 10.5. The first-order chi connectivity index (χ1) is 7.18. The van der Waals surface area contributed by atoms with Crippen molar-refractivity contribution in [1.29, 1.82) is 0 Å². The Kier molecular flexibility index (Phi) is 9.21. The number of ether oxygens (including phenoxy) is 1. The van der Waals surface area contributed by atoms with Crippen molar-refractivity contribution in [3.05, 3.63) is 0 Å². The molecule has 0 saturated heterocycles. The van der Waals surface area contributed by atoms with E-state index in [1.807, 2.05) is 0 Å². The van der Waals surface area contributed by atoms with Gasteiger partial charge in [0.2, 0.25) is 0 Å². The fourth-order valence-corrected chi connectivity index (χ4v) is 0.932. The standard InChI is InChI=1S/C10H23N3O2/c1-4-8-15-9-7-11-5-6-12-10(14)13(2)3/h11H,4-9H2,1-3H3,(H,12,14). The maximum atomic E-state index is 11.1. The van der Waals surface area contributed by atoms with Crippen LogP contribution in [-0.4, -0.2) is 57.9 Å². The van der Waals surface area contributed by atoms with Crippen LogP contribution in [0.3, 0.4) is 0 Å². The molecule has 0 spiro atoms. The normalized spacial score (nSPS) is 10.1. The largest absolute Gasteiger partial charge is 0.380 e. The van der Waals surface area contributed by atoms with Crippen LogP contribution >= 0.6 is 0 Å². The second-order valence-corrected chi connectivity index (χ2v) is 3.49. The number of nitrogens with one attached hydrogen (secondary N) is 2. The Hall–Kier alpha value is -0.810. The third-order valence-electron chi connectivity index (χ3n) is 1.76. The van der Waals surface area contributed by atoms with Crippen LogP contribution in [0.4, 0.5) is 4.79 Å². The molecule has 0 aliphatic rings. The van der Waals surface area contributed by atoms with Crippen molar-refractivity contribution in [2.75, 3.05) is 46.9 Å². The molecule has 0 aromatic heterocycles. The van der Waals surface area contributed by atoms with Gasteiger partial charge in [0.05, 0.1) is 6.61 Å². The van der Waals surface area contributed by atoms with E-state index in [1.165, 1.54) is 4.90 Å². The predicted molar refractivity (Wildman–Crippen MR) is 61.1 cm³/mol. The molecule has 0 bridgehead atoms. The highest BCUT2D eigenvalue weighted by atomic mass is 16.5. The van der Waals surface area contributed by atoms with Crippen molar-refractivity contribution in [1.82, 2.24) is 15.5 Å². The minimum atomic E-state index is -0.0565. The summed E-state index contributed by atoms with van der Waals surface area (Å²) < 4.78 is 5.29. The quantitative estimate of drug-likeness (QED) is 0.574. The third-order valence-corrected chi connectivity index (χ3v) is 1.76. The Morgan fingerprint density at radius 3 is 2.53 bits per heavy atom. The number of carbonyl (C=O) groups excluding carboxylic acids is 1. The first kappa shape index (κ1) is 14.2. The molecule has 5 heteroatoms. The molecule has 0 fully saturated rings. The van der Waals surface area contributed by atoms with E-state index in [0.29, 0.717) is 6.54 Å². The van der Waals surface area contributed by atoms with Crippen molar-refractivity contribution in [3.8, 4) is 0 Å². The molecule has 0 aromatic rings. The molecule has 0 heterocycles. The van der Waals surface area contributed by atoms with Crippen LogP contribution in [0.1, 0.15) is 13.3 Å². The van der Waals surface area contributed by atoms with Crippen molar-refractivity contribution in [3.63, 3.8) is 0 Å². The Labute approximate surface area is 92.2 Å². The van der Waals surface area contributed by atoms with Gasteiger partial charge in [-0.25, -0.2) is 4.79 Å². The van der Waals surface area contributed by atoms with Crippen LogP contribution in [0.15, 0.2) is 0 Å². The summed E-state index contributed by atoms with van der Waals surface area (Å²) in [7, 11) is 3.45. The summed E-state index contributed by atoms with van der Waals surface area (Å²) in [6.45, 7) is 5.89. The van der Waals surface area contributed by atoms with Gasteiger partial charge in [-0.3, -0.25) is 0 Å². The van der Waals surface area contributed by atoms with Crippen molar-refractivity contribution in [2.24, 2.45) is 0 Å². The lowest BCUT2D eigenvalue weighted by molar-refractivity contribution is 0.136. The van der Waals surface area contributed by atoms with E-state index in [-0.39, 0.29) is 6.03 Å². The molecule has 0 aliphatic heterocycles. The number of nitrogens with zero attached hydrogens (tertiary/aromatic N) is 1. The highest BCUT2D eigenvalue weighted by molar-refractivity contribution is 5.73. The molecule has 90 valence electrons. The topological polar surface area (TPSA) is 53.6 Å². The zero-order valence-corrected chi connectivity index (χ0v) is 10.0. The minimum Gasteiger partial charge on any atom is -0.380 e. The third kappa shape index (κ3) is 9.49. The van der Waals surface area contributed by atoms with Gasteiger partial charge >= 0.3 is 6.03 Å². The summed E-state index contributed by atoms with van der Waals surface area (Å²) in [5.74, 6) is 0. The summed E-state index contributed by atoms with van der Waals surface area (Å²) in [6, 6.07) is -0.0565. The Bertz CT molecular complexity index is 163. The molecule has 0 rings (SSSR count). The molecule has 2 N–H and O–H groups in total. The summed E-state index contributed by atoms with van der Waals surface area (Å²) in [6.07, 6.45) is 1.05. The van der Waals surface area contributed by atoms with E-state index in [0.717, 1.165) is 32.7 Å². The van der Waals surface area contributed by atoms with Gasteiger partial charge in [0.15, 0.2) is 0 Å². The lowest BCUT2D eigenvalue weighted by Gasteiger charge is -2.12. The highest BCUT2D eigenvalue weighted by Crippen LogP contribution is 1.78. The van der Waals surface area contributed by atoms with Crippen LogP contribution < -0.4 is 10.6 Å². The summed E-state index contributed by atoms with van der Waals surface area (Å²) in [4.78, 5) is 12.6. The number of hydrogen-bond acceptors (Lipinski definition) is 3. The fraction of sp³-hybridized carbons (Fsp3) is 0.900. The monoisotopic (exact) mass is 217 g/mol. The van der Waals surface area contributed by atoms with Gasteiger partial charge in [-0.05, 0) is 6.42 Å². The second kappa shape index (κ2) is 9.73. The van der Waals surface area contributed by atoms with Gasteiger partial charge in [0.25, 0.3) is 0 Å². The van der Waals surface area contributed by atoms with Crippen molar-refractivity contribution in [2.45, 2.75) is 13.3 Å². The molecule has 0 radical (unpaired) electrons. The number of amides is 2. The zero-order valence-electron chi connectivity index (χ0n) is 10.0. The SMILES string of the molecule is CCCOCCNCCNC(=O)N(C)C. The number of urea groups is 1. The second-order valence-electron chi connectivity index (χ2n) is 3.49. The van der Waals surface area contributed by atoms with Gasteiger partial charge in [-0.15, -0.1) is 0 Å². The van der Waals surface area contributed by atoms with E-state index >= 15 is 0 Å². The number of carbonyl (C=O) groups is 1. The van der Waals surface area contributed by atoms with E-state index in [4.69, 9.17) is 4.74 Å². The van der Waals surface area contributed by atoms with Gasteiger partial charge in [-0.2, -0.15) is 0 Å². The molecule has 0 unspecified atom stereocenters. The first-order valence-electron chi connectivity index (χ1n) is 5.42. The first-order valence-corrected chi connectivity index (χ1v) is 5.42. The average Bonchev–Trinajstić information content (AvgIpc) is 2.21. The molecule has 0 saturated carbocycles. The number of hydrogen-bond donors (Lipinski definition) is 2. The fourth-order valence-electron chi connectivity index (χ4n) is 0.932. The van der Waals surface area contributed by atoms with Crippen LogP contribution in [0.25, 0.3) is 0 Å². The Morgan fingerprint density at radius 2 is 1.93 bits per heavy atom. The molecule has 15 heavy (non-hydrogen) atoms. The molecule has 5 nitrogen and oxygen atoms in total. The summed E-state index contributed by atoms with van der Waals surface area (Å²) >= 11 is 0. The molecular formula is C10H23N3O2. The Balaban J connectivity index is 3.08. The molecular weight excluding hydrogens is 194 g/mol. The van der Waals surface area contributed by atoms with Crippen LogP contribution in [0, 0.1) is 0 Å². The maximum Gasteiger partial charge on any atom is 0.316 e.